The first kappa shape index (κ1) is 16.3. The van der Waals surface area contributed by atoms with Crippen molar-refractivity contribution >= 4 is 17.8 Å². The van der Waals surface area contributed by atoms with Crippen LogP contribution >= 0.6 is 11.8 Å². The standard InChI is InChI=1S/C13H13F3N4OS/c1-22-8-11-7-20(19-18-11)12(21)17-6-9-2-4-10(5-3-9)13(14,15)16/h2-5,7H,6,8H2,1H3,(H,17,21). The van der Waals surface area contributed by atoms with Gasteiger partial charge in [0.05, 0.1) is 17.5 Å². The molecule has 0 radical (unpaired) electrons. The maximum Gasteiger partial charge on any atom is 0.416 e. The molecule has 0 aliphatic carbocycles. The van der Waals surface area contributed by atoms with Gasteiger partial charge >= 0.3 is 12.2 Å². The van der Waals surface area contributed by atoms with E-state index in [9.17, 15) is 18.0 Å². The predicted molar refractivity (Wildman–Crippen MR) is 76.3 cm³/mol. The van der Waals surface area contributed by atoms with Crippen LogP contribution in [0.25, 0.3) is 0 Å². The number of nitrogens with zero attached hydrogens (tertiary/aromatic N) is 3. The molecule has 0 unspecified atom stereocenters. The smallest absolute Gasteiger partial charge is 0.332 e. The first-order valence-electron chi connectivity index (χ1n) is 6.24. The Balaban J connectivity index is 1.93. The van der Waals surface area contributed by atoms with Crippen molar-refractivity contribution in [1.29, 1.82) is 0 Å². The summed E-state index contributed by atoms with van der Waals surface area (Å²) in [4.78, 5) is 11.8. The molecule has 0 aliphatic rings. The lowest BCUT2D eigenvalue weighted by Crippen LogP contribution is -2.28. The van der Waals surface area contributed by atoms with Crippen molar-refractivity contribution in [3.8, 4) is 0 Å². The van der Waals surface area contributed by atoms with Crippen molar-refractivity contribution in [2.45, 2.75) is 18.5 Å². The highest BCUT2D eigenvalue weighted by atomic mass is 32.2. The summed E-state index contributed by atoms with van der Waals surface area (Å²) in [5, 5.41) is 10.1. The molecular weight excluding hydrogens is 317 g/mol. The third-order valence-corrected chi connectivity index (χ3v) is 3.35. The maximum atomic E-state index is 12.4. The highest BCUT2D eigenvalue weighted by molar-refractivity contribution is 7.97. The quantitative estimate of drug-likeness (QED) is 0.936. The molecule has 0 saturated heterocycles. The molecule has 0 bridgehead atoms. The predicted octanol–water partition coefficient (Wildman–Crippen LogP) is 2.92. The number of hydrogen-bond acceptors (Lipinski definition) is 4. The van der Waals surface area contributed by atoms with Crippen LogP contribution < -0.4 is 5.32 Å². The van der Waals surface area contributed by atoms with Gasteiger partial charge < -0.3 is 5.32 Å². The van der Waals surface area contributed by atoms with Crippen LogP contribution in [-0.2, 0) is 18.5 Å². The molecule has 1 aromatic heterocycles. The first-order chi connectivity index (χ1) is 10.4. The van der Waals surface area contributed by atoms with E-state index in [1.807, 2.05) is 6.26 Å². The van der Waals surface area contributed by atoms with Crippen molar-refractivity contribution in [1.82, 2.24) is 20.3 Å². The molecule has 118 valence electrons. The number of carbonyl (C=O) groups excluding carboxylic acids is 1. The summed E-state index contributed by atoms with van der Waals surface area (Å²) < 4.78 is 38.4. The molecular formula is C13H13F3N4OS. The second-order valence-corrected chi connectivity index (χ2v) is 5.31. The Kier molecular flexibility index (Phi) is 5.07. The average molecular weight is 330 g/mol. The van der Waals surface area contributed by atoms with Crippen LogP contribution in [0.4, 0.5) is 18.0 Å². The van der Waals surface area contributed by atoms with Crippen LogP contribution in [0.2, 0.25) is 0 Å². The zero-order chi connectivity index (χ0) is 16.2. The van der Waals surface area contributed by atoms with E-state index in [2.05, 4.69) is 15.6 Å². The molecule has 0 saturated carbocycles. The molecule has 1 heterocycles. The van der Waals surface area contributed by atoms with E-state index in [-0.39, 0.29) is 6.54 Å². The Bertz CT molecular complexity index is 639. The average Bonchev–Trinajstić information content (AvgIpc) is 2.93. The van der Waals surface area contributed by atoms with E-state index in [1.54, 1.807) is 11.8 Å². The maximum absolute atomic E-state index is 12.4. The zero-order valence-electron chi connectivity index (χ0n) is 11.6. The molecule has 1 amide bonds. The number of thioether (sulfide) groups is 1. The normalized spacial score (nSPS) is 11.5. The van der Waals surface area contributed by atoms with Gasteiger partial charge in [0.1, 0.15) is 0 Å². The Morgan fingerprint density at radius 3 is 2.59 bits per heavy atom. The first-order valence-corrected chi connectivity index (χ1v) is 7.64. The fourth-order valence-electron chi connectivity index (χ4n) is 1.68. The van der Waals surface area contributed by atoms with E-state index in [0.29, 0.717) is 17.0 Å². The number of carbonyl (C=O) groups is 1. The third kappa shape index (κ3) is 4.23. The van der Waals surface area contributed by atoms with E-state index in [1.165, 1.54) is 18.3 Å². The molecule has 1 N–H and O–H groups in total. The van der Waals surface area contributed by atoms with Gasteiger partial charge in [-0.3, -0.25) is 0 Å². The summed E-state index contributed by atoms with van der Waals surface area (Å²) in [6, 6.07) is 4.12. The molecule has 5 nitrogen and oxygen atoms in total. The van der Waals surface area contributed by atoms with Gasteiger partial charge in [0.25, 0.3) is 0 Å². The largest absolute Gasteiger partial charge is 0.416 e. The lowest BCUT2D eigenvalue weighted by atomic mass is 10.1. The van der Waals surface area contributed by atoms with Crippen LogP contribution in [0.5, 0.6) is 0 Å². The molecule has 0 aliphatic heterocycles. The Hall–Kier alpha value is -2.03. The monoisotopic (exact) mass is 330 g/mol. The lowest BCUT2D eigenvalue weighted by Gasteiger charge is -2.08. The molecule has 0 atom stereocenters. The number of alkyl halides is 3. The summed E-state index contributed by atoms with van der Waals surface area (Å²) in [6.45, 7) is 0.106. The van der Waals surface area contributed by atoms with Gasteiger partial charge in [-0.05, 0) is 24.0 Å². The fourth-order valence-corrected chi connectivity index (χ4v) is 2.11. The van der Waals surface area contributed by atoms with Crippen molar-refractivity contribution in [3.05, 3.63) is 47.3 Å². The molecule has 1 aromatic carbocycles. The second-order valence-electron chi connectivity index (χ2n) is 4.44. The highest BCUT2D eigenvalue weighted by Gasteiger charge is 2.29. The van der Waals surface area contributed by atoms with E-state index in [0.717, 1.165) is 16.8 Å². The number of rotatable bonds is 4. The molecule has 0 fully saturated rings. The third-order valence-electron chi connectivity index (χ3n) is 2.77. The summed E-state index contributed by atoms with van der Waals surface area (Å²) >= 11 is 1.55. The molecule has 22 heavy (non-hydrogen) atoms. The topological polar surface area (TPSA) is 59.8 Å². The minimum atomic E-state index is -4.36. The van der Waals surface area contributed by atoms with Gasteiger partial charge in [0.2, 0.25) is 0 Å². The Labute approximate surface area is 128 Å². The van der Waals surface area contributed by atoms with Crippen molar-refractivity contribution < 1.29 is 18.0 Å². The van der Waals surface area contributed by atoms with Gasteiger partial charge in [0, 0.05) is 12.3 Å². The van der Waals surface area contributed by atoms with Crippen molar-refractivity contribution in [2.24, 2.45) is 0 Å². The molecule has 2 aromatic rings. The Morgan fingerprint density at radius 2 is 2.00 bits per heavy atom. The fraction of sp³-hybridized carbons (Fsp3) is 0.308. The van der Waals surface area contributed by atoms with Crippen LogP contribution in [-0.4, -0.2) is 27.3 Å². The molecule has 0 spiro atoms. The summed E-state index contributed by atoms with van der Waals surface area (Å²) in [5.41, 5.74) is 0.517. The minimum Gasteiger partial charge on any atom is -0.332 e. The van der Waals surface area contributed by atoms with Crippen LogP contribution in [0.1, 0.15) is 16.8 Å². The zero-order valence-corrected chi connectivity index (χ0v) is 12.4. The SMILES string of the molecule is CSCc1cn(C(=O)NCc2ccc(C(F)(F)F)cc2)nn1. The van der Waals surface area contributed by atoms with Gasteiger partial charge in [-0.2, -0.15) is 29.6 Å². The number of amides is 1. The number of nitrogens with one attached hydrogen (secondary N) is 1. The Morgan fingerprint density at radius 1 is 1.32 bits per heavy atom. The second kappa shape index (κ2) is 6.82. The summed E-state index contributed by atoms with van der Waals surface area (Å²) in [7, 11) is 0. The number of aromatic nitrogens is 3. The minimum absolute atomic E-state index is 0.106. The van der Waals surface area contributed by atoms with E-state index < -0.39 is 17.8 Å². The van der Waals surface area contributed by atoms with Gasteiger partial charge in [0.15, 0.2) is 0 Å². The van der Waals surface area contributed by atoms with E-state index >= 15 is 0 Å². The highest BCUT2D eigenvalue weighted by Crippen LogP contribution is 2.29. The van der Waals surface area contributed by atoms with Gasteiger partial charge in [-0.1, -0.05) is 17.3 Å². The molecule has 2 rings (SSSR count). The summed E-state index contributed by atoms with van der Waals surface area (Å²) in [6.07, 6.45) is -0.946. The van der Waals surface area contributed by atoms with Gasteiger partial charge in [-0.15, -0.1) is 5.10 Å². The van der Waals surface area contributed by atoms with Crippen LogP contribution in [0.15, 0.2) is 30.5 Å². The van der Waals surface area contributed by atoms with Crippen molar-refractivity contribution in [2.75, 3.05) is 6.26 Å². The number of hydrogen-bond donors (Lipinski definition) is 1. The molecule has 9 heteroatoms. The van der Waals surface area contributed by atoms with E-state index in [4.69, 9.17) is 0 Å². The number of benzene rings is 1. The van der Waals surface area contributed by atoms with Crippen LogP contribution in [0, 0.1) is 0 Å². The lowest BCUT2D eigenvalue weighted by molar-refractivity contribution is -0.137. The number of halogens is 3. The van der Waals surface area contributed by atoms with Crippen LogP contribution in [0.3, 0.4) is 0 Å². The van der Waals surface area contributed by atoms with Crippen molar-refractivity contribution in [3.63, 3.8) is 0 Å². The summed E-state index contributed by atoms with van der Waals surface area (Å²) in [5.74, 6) is 0.645. The van der Waals surface area contributed by atoms with Gasteiger partial charge in [-0.25, -0.2) is 4.79 Å².